The molecule has 1 saturated carbocycles. The molecule has 20 heavy (non-hydrogen) atoms. The Morgan fingerprint density at radius 2 is 1.95 bits per heavy atom. The van der Waals surface area contributed by atoms with Gasteiger partial charge in [0.05, 0.1) is 13.0 Å². The number of alkyl halides is 3. The number of amides is 1. The molecule has 3 nitrogen and oxygen atoms in total. The van der Waals surface area contributed by atoms with Gasteiger partial charge in [0.15, 0.2) is 0 Å². The lowest BCUT2D eigenvalue weighted by Gasteiger charge is -2.35. The Balaban J connectivity index is 2.32. The molecule has 118 valence electrons. The second kappa shape index (κ2) is 7.29. The summed E-state index contributed by atoms with van der Waals surface area (Å²) < 4.78 is 36.3. The number of carbonyl (C=O) groups is 1. The molecule has 6 heteroatoms. The van der Waals surface area contributed by atoms with Crippen molar-refractivity contribution < 1.29 is 18.0 Å². The summed E-state index contributed by atoms with van der Waals surface area (Å²) in [6.45, 7) is 4.18. The zero-order valence-corrected chi connectivity index (χ0v) is 12.5. The van der Waals surface area contributed by atoms with E-state index in [1.54, 1.807) is 0 Å². The van der Waals surface area contributed by atoms with Crippen LogP contribution < -0.4 is 5.32 Å². The van der Waals surface area contributed by atoms with Gasteiger partial charge < -0.3 is 5.32 Å². The maximum Gasteiger partial charge on any atom is 0.390 e. The largest absolute Gasteiger partial charge is 0.390 e. The molecule has 0 aromatic carbocycles. The summed E-state index contributed by atoms with van der Waals surface area (Å²) in [7, 11) is 1.54. The molecule has 0 aromatic heterocycles. The van der Waals surface area contributed by atoms with Gasteiger partial charge in [-0.15, -0.1) is 0 Å². The Morgan fingerprint density at radius 1 is 1.30 bits per heavy atom. The Kier molecular flexibility index (Phi) is 6.30. The molecule has 1 N–H and O–H groups in total. The molecule has 0 aliphatic heterocycles. The molecule has 1 rings (SSSR count). The van der Waals surface area contributed by atoms with Crippen LogP contribution in [0.5, 0.6) is 0 Å². The number of nitrogens with zero attached hydrogens (tertiary/aromatic N) is 1. The van der Waals surface area contributed by atoms with E-state index in [0.29, 0.717) is 11.8 Å². The minimum absolute atomic E-state index is 0.0215. The second-order valence-corrected chi connectivity index (χ2v) is 6.04. The van der Waals surface area contributed by atoms with Gasteiger partial charge in [-0.05, 0) is 25.3 Å². The fourth-order valence-corrected chi connectivity index (χ4v) is 2.68. The van der Waals surface area contributed by atoms with Crippen LogP contribution in [0.1, 0.15) is 39.5 Å². The summed E-state index contributed by atoms with van der Waals surface area (Å²) in [6.07, 6.45) is -1.81. The maximum atomic E-state index is 12.1. The third kappa shape index (κ3) is 6.11. The van der Waals surface area contributed by atoms with Crippen LogP contribution in [0.3, 0.4) is 0 Å². The van der Waals surface area contributed by atoms with Crippen molar-refractivity contribution >= 4 is 5.91 Å². The highest BCUT2D eigenvalue weighted by atomic mass is 19.4. The zero-order valence-electron chi connectivity index (χ0n) is 12.5. The van der Waals surface area contributed by atoms with Crippen molar-refractivity contribution in [2.45, 2.75) is 51.7 Å². The van der Waals surface area contributed by atoms with E-state index < -0.39 is 12.6 Å². The van der Waals surface area contributed by atoms with E-state index in [2.05, 4.69) is 19.2 Å². The van der Waals surface area contributed by atoms with Crippen LogP contribution in [-0.2, 0) is 4.79 Å². The van der Waals surface area contributed by atoms with Crippen molar-refractivity contribution in [3.8, 4) is 0 Å². The van der Waals surface area contributed by atoms with Gasteiger partial charge in [-0.1, -0.05) is 26.7 Å². The van der Waals surface area contributed by atoms with Gasteiger partial charge in [-0.3, -0.25) is 9.69 Å². The molecule has 1 aliphatic rings. The van der Waals surface area contributed by atoms with Crippen LogP contribution in [0.4, 0.5) is 13.2 Å². The van der Waals surface area contributed by atoms with Crippen LogP contribution in [0, 0.1) is 11.8 Å². The van der Waals surface area contributed by atoms with Crippen LogP contribution >= 0.6 is 0 Å². The van der Waals surface area contributed by atoms with E-state index in [0.717, 1.165) is 12.8 Å². The summed E-state index contributed by atoms with van der Waals surface area (Å²) in [5.41, 5.74) is 0. The minimum atomic E-state index is -4.17. The van der Waals surface area contributed by atoms with E-state index in [1.807, 2.05) is 0 Å². The Labute approximate surface area is 118 Å². The molecule has 3 unspecified atom stereocenters. The highest BCUT2D eigenvalue weighted by Gasteiger charge is 2.29. The van der Waals surface area contributed by atoms with E-state index >= 15 is 0 Å². The van der Waals surface area contributed by atoms with Crippen molar-refractivity contribution in [3.05, 3.63) is 0 Å². The van der Waals surface area contributed by atoms with E-state index in [1.165, 1.54) is 18.4 Å². The molecule has 3 atom stereocenters. The third-order valence-corrected chi connectivity index (χ3v) is 4.24. The van der Waals surface area contributed by atoms with E-state index in [4.69, 9.17) is 0 Å². The quantitative estimate of drug-likeness (QED) is 0.845. The second-order valence-electron chi connectivity index (χ2n) is 6.04. The minimum Gasteiger partial charge on any atom is -0.352 e. The Morgan fingerprint density at radius 3 is 2.55 bits per heavy atom. The molecule has 0 bridgehead atoms. The average molecular weight is 294 g/mol. The van der Waals surface area contributed by atoms with Gasteiger partial charge >= 0.3 is 6.18 Å². The first-order valence-electron chi connectivity index (χ1n) is 7.23. The van der Waals surface area contributed by atoms with Crippen molar-refractivity contribution in [2.24, 2.45) is 11.8 Å². The molecule has 0 spiro atoms. The standard InChI is InChI=1S/C14H25F3N2O/c1-10-5-4-6-12(11(10)2)18-13(20)9-19(3)8-7-14(15,16)17/h10-12H,4-9H2,1-3H3,(H,18,20). The van der Waals surface area contributed by atoms with Crippen molar-refractivity contribution in [3.63, 3.8) is 0 Å². The van der Waals surface area contributed by atoms with E-state index in [9.17, 15) is 18.0 Å². The number of carbonyl (C=O) groups excluding carboxylic acids is 1. The summed E-state index contributed by atoms with van der Waals surface area (Å²) in [6, 6.07) is 0.155. The van der Waals surface area contributed by atoms with Gasteiger partial charge in [0.25, 0.3) is 0 Å². The first kappa shape index (κ1) is 17.3. The molecule has 1 amide bonds. The van der Waals surface area contributed by atoms with Crippen molar-refractivity contribution in [1.82, 2.24) is 10.2 Å². The fourth-order valence-electron chi connectivity index (χ4n) is 2.68. The van der Waals surface area contributed by atoms with Gasteiger partial charge in [-0.25, -0.2) is 0 Å². The average Bonchev–Trinajstić information content (AvgIpc) is 2.31. The molecular weight excluding hydrogens is 269 g/mol. The lowest BCUT2D eigenvalue weighted by molar-refractivity contribution is -0.139. The van der Waals surface area contributed by atoms with Gasteiger partial charge in [0.2, 0.25) is 5.91 Å². The highest BCUT2D eigenvalue weighted by Crippen LogP contribution is 2.29. The lowest BCUT2D eigenvalue weighted by atomic mass is 9.78. The fraction of sp³-hybridized carbons (Fsp3) is 0.929. The summed E-state index contributed by atoms with van der Waals surface area (Å²) in [4.78, 5) is 13.3. The Hall–Kier alpha value is -0.780. The molecule has 0 radical (unpaired) electrons. The summed E-state index contributed by atoms with van der Waals surface area (Å²) >= 11 is 0. The smallest absolute Gasteiger partial charge is 0.352 e. The highest BCUT2D eigenvalue weighted by molar-refractivity contribution is 5.78. The molecule has 1 aliphatic carbocycles. The number of halogens is 3. The number of hydrogen-bond donors (Lipinski definition) is 1. The van der Waals surface area contributed by atoms with E-state index in [-0.39, 0.29) is 25.0 Å². The van der Waals surface area contributed by atoms with Crippen molar-refractivity contribution in [1.29, 1.82) is 0 Å². The van der Waals surface area contributed by atoms with Crippen LogP contribution in [-0.4, -0.2) is 43.2 Å². The number of nitrogens with one attached hydrogen (secondary N) is 1. The molecule has 0 heterocycles. The number of likely N-dealkylation sites (N-methyl/N-ethyl adjacent to an activating group) is 1. The summed E-state index contributed by atoms with van der Waals surface area (Å²) in [5, 5.41) is 2.97. The molecule has 0 aromatic rings. The first-order valence-corrected chi connectivity index (χ1v) is 7.23. The molecular formula is C14H25F3N2O. The topological polar surface area (TPSA) is 32.3 Å². The zero-order chi connectivity index (χ0) is 15.3. The first-order chi connectivity index (χ1) is 9.19. The number of rotatable bonds is 5. The lowest BCUT2D eigenvalue weighted by Crippen LogP contribution is -2.47. The predicted octanol–water partition coefficient (Wildman–Crippen LogP) is 2.81. The van der Waals surface area contributed by atoms with Crippen LogP contribution in [0.15, 0.2) is 0 Å². The predicted molar refractivity (Wildman–Crippen MR) is 72.3 cm³/mol. The van der Waals surface area contributed by atoms with Gasteiger partial charge in [0.1, 0.15) is 0 Å². The SMILES string of the molecule is CC1CCCC(NC(=O)CN(C)CCC(F)(F)F)C1C. The molecule has 1 fully saturated rings. The summed E-state index contributed by atoms with van der Waals surface area (Å²) in [5.74, 6) is 0.825. The molecule has 0 saturated heterocycles. The third-order valence-electron chi connectivity index (χ3n) is 4.24. The maximum absolute atomic E-state index is 12.1. The van der Waals surface area contributed by atoms with Crippen LogP contribution in [0.25, 0.3) is 0 Å². The monoisotopic (exact) mass is 294 g/mol. The van der Waals surface area contributed by atoms with Gasteiger partial charge in [0, 0.05) is 12.6 Å². The Bertz CT molecular complexity index is 320. The van der Waals surface area contributed by atoms with Crippen molar-refractivity contribution in [2.75, 3.05) is 20.1 Å². The van der Waals surface area contributed by atoms with Gasteiger partial charge in [-0.2, -0.15) is 13.2 Å². The van der Waals surface area contributed by atoms with Crippen LogP contribution in [0.2, 0.25) is 0 Å². The normalized spacial score (nSPS) is 27.6. The number of hydrogen-bond acceptors (Lipinski definition) is 2.